The van der Waals surface area contributed by atoms with E-state index in [1.54, 1.807) is 0 Å². The number of likely N-dealkylation sites (tertiary alicyclic amines) is 2. The van der Waals surface area contributed by atoms with Crippen molar-refractivity contribution in [3.8, 4) is 17.1 Å². The molecule has 5 heterocycles. The molecule has 3 amide bonds. The molecule has 2 saturated heterocycles. The van der Waals surface area contributed by atoms with Crippen LogP contribution in [0.5, 0.6) is 0 Å². The molecule has 4 aromatic rings. The number of halogens is 4. The molecule has 268 valence electrons. The number of anilines is 2. The van der Waals surface area contributed by atoms with E-state index in [4.69, 9.17) is 17.3 Å². The molecule has 0 radical (unpaired) electrons. The van der Waals surface area contributed by atoms with Gasteiger partial charge >= 0.3 is 6.18 Å². The van der Waals surface area contributed by atoms with E-state index in [2.05, 4.69) is 25.7 Å². The van der Waals surface area contributed by atoms with Gasteiger partial charge in [-0.3, -0.25) is 14.4 Å². The zero-order chi connectivity index (χ0) is 36.6. The number of nitrogens with zero attached hydrogens (tertiary/aromatic N) is 7. The van der Waals surface area contributed by atoms with Gasteiger partial charge in [0.25, 0.3) is 17.7 Å². The second-order valence-corrected chi connectivity index (χ2v) is 14.3. The molecule has 51 heavy (non-hydrogen) atoms. The minimum absolute atomic E-state index is 0.0168. The fraction of sp³-hybridized carbons (Fsp3) is 0.394. The third-order valence-electron chi connectivity index (χ3n) is 10.0. The smallest absolute Gasteiger partial charge is 0.397 e. The number of amides is 3. The number of carbonyl (C=O) groups is 3. The third-order valence-corrected chi connectivity index (χ3v) is 10.3. The largest absolute Gasteiger partial charge is 0.435 e. The SMILES string of the molecule is Cn1c(-c2cn(-c3ccc(N)cn3)nc2C(F)(F)F)cnc1C(=O)Nc1ccc(C(=O)NC2C3CN(C(=O)[C@@H]4C[C@@H](O)C[N+]4(C)C)CC32)c(Cl)c1. The van der Waals surface area contributed by atoms with Crippen molar-refractivity contribution < 1.29 is 37.1 Å². The fourth-order valence-electron chi connectivity index (χ4n) is 7.30. The monoisotopic (exact) mass is 727 g/mol. The van der Waals surface area contributed by atoms with Crippen molar-refractivity contribution >= 4 is 40.7 Å². The highest BCUT2D eigenvalue weighted by atomic mass is 35.5. The number of alkyl halides is 3. The number of pyridine rings is 1. The van der Waals surface area contributed by atoms with E-state index in [1.807, 2.05) is 19.0 Å². The van der Waals surface area contributed by atoms with Gasteiger partial charge in [-0.05, 0) is 30.3 Å². The van der Waals surface area contributed by atoms with Crippen LogP contribution in [0, 0.1) is 11.8 Å². The number of nitrogen functional groups attached to an aromatic ring is 1. The standard InChI is InChI=1S/C33H34ClF3N10O4/c1-44-24(22-14-46(43-28(22)33(35,36)37)26-7-4-16(38)10-39-26)11-40-29(44)31(50)41-17-5-6-19(23(34)8-17)30(49)42-27-20-12-45(13-21(20)27)32(51)25-9-18(48)15-47(25,2)3/h4-8,10-11,14,18,20-21,25,27,48H,9,12-13,15,38H2,1-3H3,(H-,41,42,49,50)/p+1/t18-,20?,21?,25+,27?/m1/s1. The van der Waals surface area contributed by atoms with E-state index >= 15 is 0 Å². The summed E-state index contributed by atoms with van der Waals surface area (Å²) < 4.78 is 44.7. The summed E-state index contributed by atoms with van der Waals surface area (Å²) in [4.78, 5) is 49.4. The molecule has 2 unspecified atom stereocenters. The summed E-state index contributed by atoms with van der Waals surface area (Å²) in [7, 11) is 5.30. The van der Waals surface area contributed by atoms with Gasteiger partial charge in [0.05, 0.1) is 54.0 Å². The molecule has 1 aromatic carbocycles. The Morgan fingerprint density at radius 3 is 2.39 bits per heavy atom. The number of aliphatic hydroxyl groups is 1. The summed E-state index contributed by atoms with van der Waals surface area (Å²) in [6, 6.07) is 6.87. The number of likely N-dealkylation sites (N-methyl/N-ethyl adjacent to an activating group) is 1. The van der Waals surface area contributed by atoms with Gasteiger partial charge in [-0.15, -0.1) is 0 Å². The fourth-order valence-corrected chi connectivity index (χ4v) is 7.57. The Kier molecular flexibility index (Phi) is 8.34. The second-order valence-electron chi connectivity index (χ2n) is 13.9. The Bertz CT molecular complexity index is 2030. The first kappa shape index (κ1) is 34.4. The normalized spacial score (nSPS) is 23.6. The molecule has 5 N–H and O–H groups in total. The van der Waals surface area contributed by atoms with Crippen molar-refractivity contribution in [2.24, 2.45) is 18.9 Å². The number of aromatic nitrogens is 5. The van der Waals surface area contributed by atoms with Crippen molar-refractivity contribution in [1.29, 1.82) is 0 Å². The first-order valence-electron chi connectivity index (χ1n) is 16.1. The van der Waals surface area contributed by atoms with Crippen LogP contribution < -0.4 is 16.4 Å². The summed E-state index contributed by atoms with van der Waals surface area (Å²) in [6.07, 6.45) is -1.29. The van der Waals surface area contributed by atoms with Crippen molar-refractivity contribution in [3.05, 3.63) is 71.0 Å². The number of benzene rings is 1. The molecular weight excluding hydrogens is 693 g/mol. The number of nitrogens with two attached hydrogens (primary N) is 1. The zero-order valence-corrected chi connectivity index (χ0v) is 28.5. The first-order valence-corrected chi connectivity index (χ1v) is 16.5. The van der Waals surface area contributed by atoms with Crippen molar-refractivity contribution in [3.63, 3.8) is 0 Å². The molecule has 2 aliphatic heterocycles. The highest BCUT2D eigenvalue weighted by molar-refractivity contribution is 6.34. The molecule has 7 rings (SSSR count). The summed E-state index contributed by atoms with van der Waals surface area (Å²) in [5, 5.41) is 19.5. The van der Waals surface area contributed by atoms with Crippen LogP contribution in [0.1, 0.15) is 33.1 Å². The lowest BCUT2D eigenvalue weighted by Crippen LogP contribution is -2.53. The highest BCUT2D eigenvalue weighted by Crippen LogP contribution is 2.46. The number of carbonyl (C=O) groups excluding carboxylic acids is 3. The topological polar surface area (TPSA) is 173 Å². The predicted molar refractivity (Wildman–Crippen MR) is 179 cm³/mol. The van der Waals surface area contributed by atoms with Gasteiger partial charge in [0, 0.05) is 56.3 Å². The van der Waals surface area contributed by atoms with Crippen LogP contribution in [0.25, 0.3) is 17.1 Å². The van der Waals surface area contributed by atoms with Crippen LogP contribution in [0.3, 0.4) is 0 Å². The maximum atomic E-state index is 14.0. The summed E-state index contributed by atoms with van der Waals surface area (Å²) >= 11 is 6.46. The van der Waals surface area contributed by atoms with Gasteiger partial charge < -0.3 is 35.4 Å². The van der Waals surface area contributed by atoms with Gasteiger partial charge in [-0.25, -0.2) is 14.6 Å². The lowest BCUT2D eigenvalue weighted by molar-refractivity contribution is -0.894. The van der Waals surface area contributed by atoms with E-state index in [0.717, 1.165) is 17.1 Å². The van der Waals surface area contributed by atoms with Crippen LogP contribution in [0.15, 0.2) is 48.9 Å². The molecule has 18 heteroatoms. The molecule has 14 nitrogen and oxygen atoms in total. The molecule has 1 saturated carbocycles. The Hall–Kier alpha value is -5.00. The predicted octanol–water partition coefficient (Wildman–Crippen LogP) is 2.57. The molecule has 0 spiro atoms. The van der Waals surface area contributed by atoms with Crippen LogP contribution in [0.2, 0.25) is 5.02 Å². The minimum Gasteiger partial charge on any atom is -0.397 e. The van der Waals surface area contributed by atoms with E-state index in [9.17, 15) is 32.7 Å². The van der Waals surface area contributed by atoms with Gasteiger partial charge in [0.1, 0.15) is 12.6 Å². The van der Waals surface area contributed by atoms with Crippen LogP contribution in [-0.4, -0.2) is 108 Å². The summed E-state index contributed by atoms with van der Waals surface area (Å²) in [6.45, 7) is 1.61. The van der Waals surface area contributed by atoms with Crippen LogP contribution in [0.4, 0.5) is 24.5 Å². The Balaban J connectivity index is 0.990. The number of hydrogen-bond acceptors (Lipinski definition) is 8. The maximum Gasteiger partial charge on any atom is 0.435 e. The number of piperidine rings is 1. The average Bonchev–Trinajstić information content (AvgIpc) is 3.57. The second kappa shape index (κ2) is 12.3. The van der Waals surface area contributed by atoms with Gasteiger partial charge in [0.15, 0.2) is 23.4 Å². The molecule has 4 atom stereocenters. The van der Waals surface area contributed by atoms with E-state index < -0.39 is 29.8 Å². The Labute approximate surface area is 294 Å². The third kappa shape index (κ3) is 6.40. The zero-order valence-electron chi connectivity index (χ0n) is 27.7. The lowest BCUT2D eigenvalue weighted by Gasteiger charge is -2.33. The maximum absolute atomic E-state index is 14.0. The number of hydrogen-bond donors (Lipinski definition) is 4. The number of imidazole rings is 1. The molecule has 3 aliphatic rings. The number of quaternary nitrogens is 1. The molecule has 3 fully saturated rings. The first-order chi connectivity index (χ1) is 24.0. The van der Waals surface area contributed by atoms with Crippen LogP contribution >= 0.6 is 11.6 Å². The molecule has 0 bridgehead atoms. The molecular formula is C33H35ClF3N10O4+. The number of aliphatic hydroxyl groups excluding tert-OH is 1. The Morgan fingerprint density at radius 2 is 1.78 bits per heavy atom. The quantitative estimate of drug-likeness (QED) is 0.210. The number of fused-ring (bicyclic) bond motifs is 1. The van der Waals surface area contributed by atoms with Gasteiger partial charge in [-0.1, -0.05) is 11.6 Å². The van der Waals surface area contributed by atoms with Crippen molar-refractivity contribution in [1.82, 2.24) is 34.5 Å². The summed E-state index contributed by atoms with van der Waals surface area (Å²) in [5.74, 6) is -0.891. The van der Waals surface area contributed by atoms with E-state index in [-0.39, 0.29) is 69.0 Å². The average molecular weight is 728 g/mol. The minimum atomic E-state index is -4.82. The lowest BCUT2D eigenvalue weighted by atomic mass is 10.1. The molecule has 1 aliphatic carbocycles. The van der Waals surface area contributed by atoms with E-state index in [0.29, 0.717) is 36.2 Å². The van der Waals surface area contributed by atoms with E-state index in [1.165, 1.54) is 48.1 Å². The van der Waals surface area contributed by atoms with Crippen molar-refractivity contribution in [2.45, 2.75) is 30.8 Å². The van der Waals surface area contributed by atoms with Gasteiger partial charge in [-0.2, -0.15) is 18.3 Å². The Morgan fingerprint density at radius 1 is 1.06 bits per heavy atom. The van der Waals surface area contributed by atoms with Gasteiger partial charge in [0.2, 0.25) is 0 Å². The number of rotatable bonds is 7. The van der Waals surface area contributed by atoms with Crippen molar-refractivity contribution in [2.75, 3.05) is 44.8 Å². The van der Waals surface area contributed by atoms with Crippen LogP contribution in [-0.2, 0) is 18.0 Å². The highest BCUT2D eigenvalue weighted by Gasteiger charge is 2.59. The number of nitrogens with one attached hydrogen (secondary N) is 2. The summed E-state index contributed by atoms with van der Waals surface area (Å²) in [5.41, 5.74) is 4.88. The molecule has 3 aromatic heterocycles.